The van der Waals surface area contributed by atoms with Crippen LogP contribution in [0.1, 0.15) is 19.8 Å². The fraction of sp³-hybridized carbons (Fsp3) is 0.429. The number of nitrogens with one attached hydrogen (secondary N) is 2. The highest BCUT2D eigenvalue weighted by Crippen LogP contribution is 2.46. The summed E-state index contributed by atoms with van der Waals surface area (Å²) in [7, 11) is 3.02. The number of ether oxygens (including phenoxy) is 3. The summed E-state index contributed by atoms with van der Waals surface area (Å²) in [5.41, 5.74) is 0.613. The number of hydrogen-bond donors (Lipinski definition) is 3. The molecule has 0 bridgehead atoms. The minimum Gasteiger partial charge on any atom is -0.495 e. The number of halogens is 2. The highest BCUT2D eigenvalue weighted by atomic mass is 35.5. The first-order chi connectivity index (χ1) is 19.6. The molecule has 2 fully saturated rings. The normalized spacial score (nSPS) is 22.4. The average Bonchev–Trinajstić information content (AvgIpc) is 3.33. The summed E-state index contributed by atoms with van der Waals surface area (Å²) in [4.78, 5) is 28.3. The van der Waals surface area contributed by atoms with Gasteiger partial charge in [0.2, 0.25) is 11.9 Å². The van der Waals surface area contributed by atoms with Crippen molar-refractivity contribution in [3.05, 3.63) is 41.0 Å². The fourth-order valence-electron chi connectivity index (χ4n) is 5.14. The first-order valence-electron chi connectivity index (χ1n) is 13.2. The van der Waals surface area contributed by atoms with Gasteiger partial charge in [0.15, 0.2) is 5.82 Å². The zero-order chi connectivity index (χ0) is 29.3. The number of β-amino-alcohol motifs (C(OH)–C–C–N with tert-alkyl or cyclic N) is 1. The number of aromatic nitrogens is 3. The highest BCUT2D eigenvalue weighted by molar-refractivity contribution is 6.41. The summed E-state index contributed by atoms with van der Waals surface area (Å²) >= 11 is 13.5. The molecule has 2 saturated heterocycles. The molecule has 1 aromatic carbocycles. The number of benzene rings is 1. The number of carbonyl (C=O) groups excluding carboxylic acids is 1. The molecule has 0 aliphatic carbocycles. The number of rotatable bonds is 8. The first kappa shape index (κ1) is 29.1. The van der Waals surface area contributed by atoms with Crippen molar-refractivity contribution in [3.8, 4) is 22.8 Å². The molecule has 1 amide bonds. The van der Waals surface area contributed by atoms with E-state index < -0.39 is 5.60 Å². The molecule has 2 aliphatic heterocycles. The molecule has 3 aromatic rings. The van der Waals surface area contributed by atoms with Crippen LogP contribution in [0.5, 0.6) is 11.5 Å². The maximum atomic E-state index is 12.0. The molecule has 2 aromatic heterocycles. The van der Waals surface area contributed by atoms with Gasteiger partial charge in [-0.15, -0.1) is 0 Å². The molecule has 218 valence electrons. The van der Waals surface area contributed by atoms with Crippen molar-refractivity contribution in [3.63, 3.8) is 0 Å². The lowest BCUT2D eigenvalue weighted by molar-refractivity contribution is -0.117. The summed E-state index contributed by atoms with van der Waals surface area (Å²) in [6.07, 6.45) is 4.13. The second kappa shape index (κ2) is 11.8. The van der Waals surface area contributed by atoms with Crippen LogP contribution in [0.15, 0.2) is 31.0 Å². The van der Waals surface area contributed by atoms with E-state index in [4.69, 9.17) is 47.4 Å². The van der Waals surface area contributed by atoms with Gasteiger partial charge in [0.25, 0.3) is 0 Å². The Bertz CT molecular complexity index is 1460. The molecule has 0 radical (unpaired) electrons. The number of aliphatic hydroxyl groups is 1. The molecular weight excluding hydrogens is 571 g/mol. The Morgan fingerprint density at radius 1 is 1.22 bits per heavy atom. The maximum absolute atomic E-state index is 12.0. The minimum atomic E-state index is -0.886. The molecule has 41 heavy (non-hydrogen) atoms. The third kappa shape index (κ3) is 5.99. The predicted octanol–water partition coefficient (Wildman–Crippen LogP) is 3.85. The summed E-state index contributed by atoms with van der Waals surface area (Å²) in [6.45, 7) is 7.17. The third-order valence-corrected chi connectivity index (χ3v) is 8.06. The van der Waals surface area contributed by atoms with Crippen LogP contribution in [0.4, 0.5) is 11.8 Å². The highest BCUT2D eigenvalue weighted by Gasteiger charge is 2.34. The van der Waals surface area contributed by atoms with Gasteiger partial charge in [-0.3, -0.25) is 4.79 Å². The molecule has 13 heteroatoms. The first-order valence-corrected chi connectivity index (χ1v) is 13.9. The van der Waals surface area contributed by atoms with Crippen LogP contribution in [0, 0.1) is 0 Å². The molecule has 3 N–H and O–H groups in total. The number of fused-ring (bicyclic) bond motifs is 1. The van der Waals surface area contributed by atoms with Gasteiger partial charge in [-0.05, 0) is 31.9 Å². The van der Waals surface area contributed by atoms with Gasteiger partial charge in [0.05, 0.1) is 54.3 Å². The van der Waals surface area contributed by atoms with Crippen LogP contribution < -0.4 is 25.0 Å². The number of anilines is 2. The van der Waals surface area contributed by atoms with E-state index in [0.717, 1.165) is 0 Å². The smallest absolute Gasteiger partial charge is 0.243 e. The topological polar surface area (TPSA) is 131 Å². The van der Waals surface area contributed by atoms with Gasteiger partial charge >= 0.3 is 0 Å². The maximum Gasteiger partial charge on any atom is 0.243 e. The molecule has 5 rings (SSSR count). The fourth-order valence-corrected chi connectivity index (χ4v) is 5.83. The number of carbonyl (C=O) groups is 1. The van der Waals surface area contributed by atoms with Gasteiger partial charge in [-0.25, -0.2) is 15.0 Å². The van der Waals surface area contributed by atoms with Gasteiger partial charge < -0.3 is 34.9 Å². The van der Waals surface area contributed by atoms with Crippen molar-refractivity contribution in [1.29, 1.82) is 0 Å². The van der Waals surface area contributed by atoms with Crippen LogP contribution in [-0.4, -0.2) is 84.2 Å². The van der Waals surface area contributed by atoms with Gasteiger partial charge in [0.1, 0.15) is 17.0 Å². The molecule has 3 atom stereocenters. The van der Waals surface area contributed by atoms with E-state index >= 15 is 0 Å². The van der Waals surface area contributed by atoms with Crippen molar-refractivity contribution in [2.75, 3.05) is 50.7 Å². The average molecular weight is 604 g/mol. The lowest BCUT2D eigenvalue weighted by atomic mass is 10.0. The van der Waals surface area contributed by atoms with Crippen molar-refractivity contribution < 1.29 is 24.1 Å². The van der Waals surface area contributed by atoms with E-state index in [9.17, 15) is 9.90 Å². The Hall–Kier alpha value is -3.38. The van der Waals surface area contributed by atoms with Crippen molar-refractivity contribution in [2.45, 2.75) is 37.5 Å². The van der Waals surface area contributed by atoms with E-state index in [1.807, 2.05) is 4.90 Å². The lowest BCUT2D eigenvalue weighted by Crippen LogP contribution is -2.52. The summed E-state index contributed by atoms with van der Waals surface area (Å²) in [6, 6.07) is 2.98. The zero-order valence-corrected chi connectivity index (χ0v) is 24.6. The standard InChI is InChI=1S/C28H32Cl2N6O5/c1-5-21(37)32-16-6-9-41-13-18(16)34-27-31-12-15-10-17(22-23(29)19(39-3)11-20(40-4)24(22)30)33-26(25(15)35-27)36-8-7-28(2,38)14-36/h5,10-12,16,18,38H,1,6-9,13-14H2,2-4H3,(H,32,37)(H,31,34,35)/t16-,18+,28?/m0/s1. The summed E-state index contributed by atoms with van der Waals surface area (Å²) in [5, 5.41) is 18.3. The number of hydrogen-bond acceptors (Lipinski definition) is 10. The van der Waals surface area contributed by atoms with Crippen LogP contribution in [-0.2, 0) is 9.53 Å². The minimum absolute atomic E-state index is 0.186. The Labute approximate surface area is 247 Å². The molecular formula is C28H32Cl2N6O5. The summed E-state index contributed by atoms with van der Waals surface area (Å²) in [5.74, 6) is 1.42. The second-order valence-corrected chi connectivity index (χ2v) is 11.1. The van der Waals surface area contributed by atoms with Crippen molar-refractivity contribution >= 4 is 51.8 Å². The molecule has 0 saturated carbocycles. The van der Waals surface area contributed by atoms with Crippen molar-refractivity contribution in [1.82, 2.24) is 20.3 Å². The lowest BCUT2D eigenvalue weighted by Gasteiger charge is -2.32. The Morgan fingerprint density at radius 2 is 1.95 bits per heavy atom. The van der Waals surface area contributed by atoms with E-state index in [2.05, 4.69) is 22.2 Å². The Kier molecular flexibility index (Phi) is 8.42. The quantitative estimate of drug-likeness (QED) is 0.327. The predicted molar refractivity (Wildman–Crippen MR) is 158 cm³/mol. The SMILES string of the molecule is C=CC(=O)N[C@H]1CCOC[C@H]1Nc1ncc2cc(-c3c(Cl)c(OC)cc(OC)c3Cl)nc(N3CCC(C)(O)C3)c2n1. The molecule has 4 heterocycles. The molecule has 1 unspecified atom stereocenters. The second-order valence-electron chi connectivity index (χ2n) is 10.3. The summed E-state index contributed by atoms with van der Waals surface area (Å²) < 4.78 is 16.6. The van der Waals surface area contributed by atoms with E-state index in [1.165, 1.54) is 20.3 Å². The molecule has 2 aliphatic rings. The van der Waals surface area contributed by atoms with Crippen LogP contribution in [0.2, 0.25) is 10.0 Å². The number of nitrogens with zero attached hydrogens (tertiary/aromatic N) is 4. The number of pyridine rings is 1. The van der Waals surface area contributed by atoms with E-state index in [1.54, 1.807) is 25.3 Å². The van der Waals surface area contributed by atoms with E-state index in [-0.39, 0.29) is 28.0 Å². The molecule has 11 nitrogen and oxygen atoms in total. The van der Waals surface area contributed by atoms with E-state index in [0.29, 0.717) is 84.6 Å². The van der Waals surface area contributed by atoms with Gasteiger partial charge in [-0.1, -0.05) is 29.8 Å². The van der Waals surface area contributed by atoms with Crippen LogP contribution in [0.3, 0.4) is 0 Å². The Morgan fingerprint density at radius 3 is 2.59 bits per heavy atom. The van der Waals surface area contributed by atoms with Crippen molar-refractivity contribution in [2.24, 2.45) is 0 Å². The third-order valence-electron chi connectivity index (χ3n) is 7.31. The zero-order valence-electron chi connectivity index (χ0n) is 23.0. The largest absolute Gasteiger partial charge is 0.495 e. The van der Waals surface area contributed by atoms with Gasteiger partial charge in [0, 0.05) is 42.9 Å². The number of amides is 1. The van der Waals surface area contributed by atoms with Crippen LogP contribution >= 0.6 is 23.2 Å². The van der Waals surface area contributed by atoms with Gasteiger partial charge in [-0.2, -0.15) is 0 Å². The Balaban J connectivity index is 1.60. The molecule has 0 spiro atoms. The number of methoxy groups -OCH3 is 2. The van der Waals surface area contributed by atoms with Crippen LogP contribution in [0.25, 0.3) is 22.2 Å². The monoisotopic (exact) mass is 602 g/mol.